The Morgan fingerprint density at radius 1 is 0.906 bits per heavy atom. The monoisotopic (exact) mass is 452 g/mol. The first-order valence-electron chi connectivity index (χ1n) is 13.0. The van der Waals surface area contributed by atoms with Gasteiger partial charge in [-0.25, -0.2) is 4.39 Å². The maximum atomic E-state index is 12.8. The van der Waals surface area contributed by atoms with Gasteiger partial charge in [-0.15, -0.1) is 0 Å². The van der Waals surface area contributed by atoms with Crippen molar-refractivity contribution in [3.63, 3.8) is 0 Å². The zero-order valence-electron chi connectivity index (χ0n) is 24.0. The van der Waals surface area contributed by atoms with E-state index in [1.165, 1.54) is 31.7 Å². The van der Waals surface area contributed by atoms with Crippen molar-refractivity contribution in [3.8, 4) is 0 Å². The highest BCUT2D eigenvalue weighted by atomic mass is 19.1. The zero-order valence-corrected chi connectivity index (χ0v) is 24.0. The predicted octanol–water partition coefficient (Wildman–Crippen LogP) is 10.2. The molecule has 0 amide bonds. The van der Waals surface area contributed by atoms with Gasteiger partial charge in [-0.2, -0.15) is 0 Å². The maximum absolute atomic E-state index is 12.8. The molecule has 0 aliphatic rings. The van der Waals surface area contributed by atoms with Crippen LogP contribution in [0.15, 0.2) is 18.2 Å². The van der Waals surface area contributed by atoms with Gasteiger partial charge in [0, 0.05) is 11.3 Å². The van der Waals surface area contributed by atoms with Crippen molar-refractivity contribution >= 4 is 5.78 Å². The summed E-state index contributed by atoms with van der Waals surface area (Å²) in [5.41, 5.74) is 1.77. The average molecular weight is 453 g/mol. The van der Waals surface area contributed by atoms with Gasteiger partial charge in [0.1, 0.15) is 11.6 Å². The van der Waals surface area contributed by atoms with Gasteiger partial charge in [-0.1, -0.05) is 126 Å². The van der Waals surface area contributed by atoms with Gasteiger partial charge in [0.2, 0.25) is 0 Å². The van der Waals surface area contributed by atoms with E-state index < -0.39 is 0 Å². The molecule has 1 aromatic carbocycles. The summed E-state index contributed by atoms with van der Waals surface area (Å²) in [6.45, 7) is 27.2. The number of benzene rings is 1. The minimum atomic E-state index is -0.157. The van der Waals surface area contributed by atoms with Crippen LogP contribution in [0.3, 0.4) is 0 Å². The Bertz CT molecular complexity index is 560. The first kappa shape index (κ1) is 35.4. The maximum Gasteiger partial charge on any atom is 0.140 e. The minimum Gasteiger partial charge on any atom is -0.299 e. The third-order valence-corrected chi connectivity index (χ3v) is 4.94. The summed E-state index contributed by atoms with van der Waals surface area (Å²) in [5.74, 6) is 2.30. The lowest BCUT2D eigenvalue weighted by atomic mass is 9.83. The molecule has 1 atom stereocenters. The van der Waals surface area contributed by atoms with Gasteiger partial charge in [0.15, 0.2) is 0 Å². The molecule has 1 rings (SSSR count). The highest BCUT2D eigenvalue weighted by Gasteiger charge is 2.24. The molecule has 0 radical (unpaired) electrons. The topological polar surface area (TPSA) is 17.1 Å². The van der Waals surface area contributed by atoms with Gasteiger partial charge in [-0.3, -0.25) is 4.79 Å². The fourth-order valence-electron chi connectivity index (χ4n) is 3.03. The Kier molecular flexibility index (Phi) is 22.6. The Balaban J connectivity index is -0.000000366. The number of aryl methyl sites for hydroxylation is 2. The van der Waals surface area contributed by atoms with Crippen molar-refractivity contribution in [2.24, 2.45) is 23.2 Å². The first-order chi connectivity index (χ1) is 14.7. The third-order valence-electron chi connectivity index (χ3n) is 4.94. The van der Waals surface area contributed by atoms with E-state index in [1.54, 1.807) is 6.07 Å². The van der Waals surface area contributed by atoms with Crippen molar-refractivity contribution in [1.29, 1.82) is 0 Å². The van der Waals surface area contributed by atoms with Crippen LogP contribution in [-0.2, 0) is 11.2 Å². The van der Waals surface area contributed by atoms with Crippen molar-refractivity contribution in [2.45, 2.75) is 129 Å². The van der Waals surface area contributed by atoms with Crippen molar-refractivity contribution in [3.05, 3.63) is 35.1 Å². The summed E-state index contributed by atoms with van der Waals surface area (Å²) in [4.78, 5) is 11.4. The van der Waals surface area contributed by atoms with Crippen molar-refractivity contribution in [1.82, 2.24) is 0 Å². The van der Waals surface area contributed by atoms with Gasteiger partial charge < -0.3 is 0 Å². The van der Waals surface area contributed by atoms with E-state index in [2.05, 4.69) is 41.5 Å². The molecule has 0 heterocycles. The van der Waals surface area contributed by atoms with Crippen LogP contribution in [-0.4, -0.2) is 5.78 Å². The molecule has 2 heteroatoms. The molecule has 32 heavy (non-hydrogen) atoms. The third kappa shape index (κ3) is 22.0. The van der Waals surface area contributed by atoms with E-state index in [4.69, 9.17) is 0 Å². The Morgan fingerprint density at radius 2 is 1.34 bits per heavy atom. The van der Waals surface area contributed by atoms with E-state index in [9.17, 15) is 9.18 Å². The van der Waals surface area contributed by atoms with Crippen molar-refractivity contribution < 1.29 is 9.18 Å². The molecular formula is C30H57FO. The summed E-state index contributed by atoms with van der Waals surface area (Å²) in [7, 11) is 0. The van der Waals surface area contributed by atoms with E-state index >= 15 is 0 Å². The van der Waals surface area contributed by atoms with Crippen LogP contribution in [0.5, 0.6) is 0 Å². The van der Waals surface area contributed by atoms with Crippen molar-refractivity contribution in [2.75, 3.05) is 0 Å². The Morgan fingerprint density at radius 3 is 1.59 bits per heavy atom. The summed E-state index contributed by atoms with van der Waals surface area (Å²) >= 11 is 0. The van der Waals surface area contributed by atoms with E-state index in [-0.39, 0.29) is 17.2 Å². The van der Waals surface area contributed by atoms with Gasteiger partial charge in [-0.05, 0) is 43.2 Å². The summed E-state index contributed by atoms with van der Waals surface area (Å²) in [6.07, 6.45) is 7.24. The molecule has 190 valence electrons. The lowest BCUT2D eigenvalue weighted by Crippen LogP contribution is -2.26. The number of hydrogen-bond acceptors (Lipinski definition) is 1. The molecule has 0 fully saturated rings. The molecular weight excluding hydrogens is 395 g/mol. The second kappa shape index (κ2) is 20.4. The minimum absolute atomic E-state index is 0.0897. The van der Waals surface area contributed by atoms with Crippen LogP contribution in [0, 0.1) is 35.9 Å². The number of rotatable bonds is 7. The normalized spacial score (nSPS) is 11.5. The lowest BCUT2D eigenvalue weighted by Gasteiger charge is -2.20. The Labute approximate surface area is 202 Å². The molecule has 0 aliphatic carbocycles. The summed E-state index contributed by atoms with van der Waals surface area (Å²) < 4.78 is 12.8. The molecule has 0 spiro atoms. The van der Waals surface area contributed by atoms with E-state index in [0.717, 1.165) is 35.8 Å². The summed E-state index contributed by atoms with van der Waals surface area (Å²) in [6, 6.07) is 5.19. The molecule has 0 saturated carbocycles. The number of Topliss-reactive ketones (excluding diaryl/α,β-unsaturated/α-hetero) is 1. The molecule has 0 aliphatic heterocycles. The second-order valence-corrected chi connectivity index (χ2v) is 10.8. The van der Waals surface area contributed by atoms with Crippen LogP contribution in [0.25, 0.3) is 0 Å². The number of ketones is 1. The smallest absolute Gasteiger partial charge is 0.140 e. The molecule has 0 aromatic heterocycles. The molecule has 0 bridgehead atoms. The standard InChI is InChI=1S/C9H11F.C9H18O.C8H18.C4H10/c1-3-8-6-7(2)4-5-9(8)10;1-6-7(2)8(10)9(3,4)5;1-4-6-8(3)7-5-2;1-4(2)3/h4-6H,3H2,1-2H3;7H,6H2,1-5H3;8H,4-7H2,1-3H3;4H,1-3H3. The first-order valence-corrected chi connectivity index (χ1v) is 13.0. The SMILES string of the molecule is CC(C)C.CCC(C)C(=O)C(C)(C)C.CCCC(C)CCC.CCc1cc(C)ccc1F. The highest BCUT2D eigenvalue weighted by Crippen LogP contribution is 2.21. The summed E-state index contributed by atoms with van der Waals surface area (Å²) in [5, 5.41) is 0. The van der Waals surface area contributed by atoms with Gasteiger partial charge in [0.05, 0.1) is 0 Å². The second-order valence-electron chi connectivity index (χ2n) is 10.8. The molecule has 0 saturated heterocycles. The quantitative estimate of drug-likeness (QED) is 0.402. The average Bonchev–Trinajstić information content (AvgIpc) is 2.69. The number of halogens is 1. The van der Waals surface area contributed by atoms with Crippen LogP contribution < -0.4 is 0 Å². The molecule has 1 nitrogen and oxygen atoms in total. The zero-order chi connectivity index (χ0) is 25.9. The van der Waals surface area contributed by atoms with Crippen LogP contribution in [0.4, 0.5) is 4.39 Å². The molecule has 0 N–H and O–H groups in total. The predicted molar refractivity (Wildman–Crippen MR) is 144 cm³/mol. The fourth-order valence-corrected chi connectivity index (χ4v) is 3.03. The number of carbonyl (C=O) groups is 1. The fraction of sp³-hybridized carbons (Fsp3) is 0.767. The van der Waals surface area contributed by atoms with Crippen LogP contribution >= 0.6 is 0 Å². The number of carbonyl (C=O) groups excluding carboxylic acids is 1. The van der Waals surface area contributed by atoms with Crippen LogP contribution in [0.1, 0.15) is 126 Å². The van der Waals surface area contributed by atoms with Gasteiger partial charge >= 0.3 is 0 Å². The van der Waals surface area contributed by atoms with Crippen LogP contribution in [0.2, 0.25) is 0 Å². The largest absolute Gasteiger partial charge is 0.299 e. The van der Waals surface area contributed by atoms with Gasteiger partial charge in [0.25, 0.3) is 0 Å². The lowest BCUT2D eigenvalue weighted by molar-refractivity contribution is -0.129. The molecule has 1 aromatic rings. The number of hydrogen-bond donors (Lipinski definition) is 0. The highest BCUT2D eigenvalue weighted by molar-refractivity contribution is 5.85. The van der Waals surface area contributed by atoms with E-state index in [1.807, 2.05) is 54.5 Å². The Hall–Kier alpha value is -1.18. The van der Waals surface area contributed by atoms with E-state index in [0.29, 0.717) is 5.78 Å². The molecule has 1 unspecified atom stereocenters.